The number of fused-ring (bicyclic) bond motifs is 2. The van der Waals surface area contributed by atoms with Gasteiger partial charge in [-0.2, -0.15) is 4.31 Å². The number of para-hydroxylation sites is 1. The summed E-state index contributed by atoms with van der Waals surface area (Å²) in [5.74, 6) is 0.429. The zero-order valence-corrected chi connectivity index (χ0v) is 21.6. The van der Waals surface area contributed by atoms with Crippen molar-refractivity contribution in [1.29, 1.82) is 0 Å². The molecule has 1 aromatic heterocycles. The van der Waals surface area contributed by atoms with Crippen molar-refractivity contribution in [2.45, 2.75) is 43.9 Å². The number of hydrogen-bond acceptors (Lipinski definition) is 7. The van der Waals surface area contributed by atoms with Gasteiger partial charge in [0.25, 0.3) is 0 Å². The molecule has 0 unspecified atom stereocenters. The molecule has 0 aliphatic carbocycles. The van der Waals surface area contributed by atoms with E-state index in [1.54, 1.807) is 47.3 Å². The summed E-state index contributed by atoms with van der Waals surface area (Å²) in [4.78, 5) is 0.0000991. The van der Waals surface area contributed by atoms with E-state index in [0.29, 0.717) is 35.7 Å². The Hall–Kier alpha value is -3.80. The lowest BCUT2D eigenvalue weighted by atomic mass is 10.2. The van der Waals surface area contributed by atoms with E-state index >= 15 is 0 Å². The van der Waals surface area contributed by atoms with E-state index in [1.807, 2.05) is 25.1 Å². The number of nitrogens with zero attached hydrogens (tertiary/aromatic N) is 4. The van der Waals surface area contributed by atoms with Crippen molar-refractivity contribution in [2.24, 2.45) is 0 Å². The molecule has 0 amide bonds. The molecular formula is C27H28FN5O4S. The van der Waals surface area contributed by atoms with E-state index in [1.165, 1.54) is 16.4 Å². The number of hydrogen-bond donors (Lipinski definition) is 2. The molecular weight excluding hydrogens is 509 g/mol. The number of nitrogens with one attached hydrogen (secondary N) is 1. The van der Waals surface area contributed by atoms with Crippen molar-refractivity contribution in [1.82, 2.24) is 19.3 Å². The second-order valence-electron chi connectivity index (χ2n) is 9.08. The van der Waals surface area contributed by atoms with Crippen molar-refractivity contribution < 1.29 is 22.7 Å². The number of aliphatic hydroxyl groups is 1. The highest BCUT2D eigenvalue weighted by atomic mass is 32.2. The Balaban J connectivity index is 1.51. The summed E-state index contributed by atoms with van der Waals surface area (Å²) in [5.41, 5.74) is 2.36. The Morgan fingerprint density at radius 2 is 1.82 bits per heavy atom. The Bertz CT molecular complexity index is 1520. The van der Waals surface area contributed by atoms with Gasteiger partial charge in [-0.3, -0.25) is 0 Å². The molecule has 5 rings (SSSR count). The zero-order chi connectivity index (χ0) is 26.7. The Morgan fingerprint density at radius 3 is 2.58 bits per heavy atom. The highest BCUT2D eigenvalue weighted by molar-refractivity contribution is 7.89. The van der Waals surface area contributed by atoms with Gasteiger partial charge in [0.05, 0.1) is 37.3 Å². The molecule has 4 aromatic rings. The fourth-order valence-corrected chi connectivity index (χ4v) is 5.95. The van der Waals surface area contributed by atoms with Crippen LogP contribution in [0.4, 0.5) is 10.1 Å². The molecule has 0 fully saturated rings. The summed E-state index contributed by atoms with van der Waals surface area (Å²) in [5, 5.41) is 21.2. The lowest BCUT2D eigenvalue weighted by Crippen LogP contribution is -2.33. The van der Waals surface area contributed by atoms with Crippen LogP contribution in [0.5, 0.6) is 11.5 Å². The third kappa shape index (κ3) is 5.40. The van der Waals surface area contributed by atoms with Crippen molar-refractivity contribution in [2.75, 3.05) is 11.9 Å². The Morgan fingerprint density at radius 1 is 1.05 bits per heavy atom. The Labute approximate surface area is 220 Å². The van der Waals surface area contributed by atoms with Gasteiger partial charge in [0.2, 0.25) is 10.0 Å². The minimum Gasteiger partial charge on any atom is -0.456 e. The standard InChI is InChI=1S/C27H28FN5O4S/c1-2-22(18-34)29-24-7-5-9-26-27(24)38(35,36)33(15-20-6-3-4-8-25(20)37-26)17-23-16-32(31-30-23)14-19-10-12-21(28)13-11-19/h3-13,16,22,29,34H,2,14-15,17-18H2,1H3/t22-/m0/s1. The maximum Gasteiger partial charge on any atom is 0.249 e. The fraction of sp³-hybridized carbons (Fsp3) is 0.259. The van der Waals surface area contributed by atoms with Crippen LogP contribution >= 0.6 is 0 Å². The summed E-state index contributed by atoms with van der Waals surface area (Å²) in [6.45, 7) is 2.17. The predicted molar refractivity (Wildman–Crippen MR) is 140 cm³/mol. The maximum absolute atomic E-state index is 14.2. The van der Waals surface area contributed by atoms with Gasteiger partial charge in [-0.25, -0.2) is 17.5 Å². The molecule has 38 heavy (non-hydrogen) atoms. The third-order valence-corrected chi connectivity index (χ3v) is 8.25. The van der Waals surface area contributed by atoms with Crippen LogP contribution < -0.4 is 10.1 Å². The molecule has 1 atom stereocenters. The van der Waals surface area contributed by atoms with E-state index in [4.69, 9.17) is 4.74 Å². The fourth-order valence-electron chi connectivity index (χ4n) is 4.32. The summed E-state index contributed by atoms with van der Waals surface area (Å²) in [6.07, 6.45) is 2.29. The van der Waals surface area contributed by atoms with Crippen LogP contribution in [-0.4, -0.2) is 45.5 Å². The summed E-state index contributed by atoms with van der Waals surface area (Å²) >= 11 is 0. The van der Waals surface area contributed by atoms with Gasteiger partial charge in [0.15, 0.2) is 0 Å². The van der Waals surface area contributed by atoms with E-state index in [-0.39, 0.29) is 42.2 Å². The molecule has 0 saturated carbocycles. The Kier molecular flexibility index (Phi) is 7.41. The number of rotatable bonds is 8. The van der Waals surface area contributed by atoms with Gasteiger partial charge in [0.1, 0.15) is 22.2 Å². The number of halogens is 1. The first-order chi connectivity index (χ1) is 18.4. The molecule has 1 aliphatic heterocycles. The van der Waals surface area contributed by atoms with E-state index in [0.717, 1.165) is 5.56 Å². The van der Waals surface area contributed by atoms with Gasteiger partial charge in [-0.05, 0) is 42.3 Å². The van der Waals surface area contributed by atoms with E-state index in [2.05, 4.69) is 15.6 Å². The molecule has 198 valence electrons. The van der Waals surface area contributed by atoms with Crippen molar-refractivity contribution in [3.05, 3.63) is 95.6 Å². The molecule has 0 saturated heterocycles. The average molecular weight is 538 g/mol. The summed E-state index contributed by atoms with van der Waals surface area (Å²) in [6, 6.07) is 18.1. The van der Waals surface area contributed by atoms with Crippen molar-refractivity contribution in [3.8, 4) is 11.5 Å². The van der Waals surface area contributed by atoms with Crippen LogP contribution in [0.2, 0.25) is 0 Å². The molecule has 2 heterocycles. The number of aliphatic hydroxyl groups excluding tert-OH is 1. The van der Waals surface area contributed by atoms with Crippen molar-refractivity contribution in [3.63, 3.8) is 0 Å². The quantitative estimate of drug-likeness (QED) is 0.348. The number of sulfonamides is 1. The number of ether oxygens (including phenoxy) is 1. The third-order valence-electron chi connectivity index (χ3n) is 6.37. The normalized spacial score (nSPS) is 15.4. The van der Waals surface area contributed by atoms with E-state index in [9.17, 15) is 17.9 Å². The largest absolute Gasteiger partial charge is 0.456 e. The molecule has 0 bridgehead atoms. The predicted octanol–water partition coefficient (Wildman–Crippen LogP) is 4.15. The SMILES string of the molecule is CC[C@@H](CO)Nc1cccc2c1S(=O)(=O)N(Cc1cn(Cc3ccc(F)cc3)nn1)Cc1ccccc1O2. The lowest BCUT2D eigenvalue weighted by molar-refractivity contribution is 0.271. The second-order valence-corrected chi connectivity index (χ2v) is 11.0. The highest BCUT2D eigenvalue weighted by Gasteiger charge is 2.35. The van der Waals surface area contributed by atoms with Crippen molar-refractivity contribution >= 4 is 15.7 Å². The maximum atomic E-state index is 14.2. The average Bonchev–Trinajstić information content (AvgIpc) is 3.35. The minimum absolute atomic E-state index is 0.0000991. The number of aromatic nitrogens is 3. The van der Waals surface area contributed by atoms with Gasteiger partial charge in [-0.1, -0.05) is 48.5 Å². The van der Waals surface area contributed by atoms with Gasteiger partial charge >= 0.3 is 0 Å². The van der Waals surface area contributed by atoms with Crippen LogP contribution in [0.15, 0.2) is 77.8 Å². The van der Waals surface area contributed by atoms with Gasteiger partial charge in [-0.15, -0.1) is 5.10 Å². The van der Waals surface area contributed by atoms with Crippen LogP contribution in [-0.2, 0) is 29.7 Å². The van der Waals surface area contributed by atoms with E-state index < -0.39 is 10.0 Å². The van der Waals surface area contributed by atoms with Crippen LogP contribution in [0.3, 0.4) is 0 Å². The first kappa shape index (κ1) is 25.8. The first-order valence-corrected chi connectivity index (χ1v) is 13.7. The summed E-state index contributed by atoms with van der Waals surface area (Å²) in [7, 11) is -4.09. The highest BCUT2D eigenvalue weighted by Crippen LogP contribution is 2.41. The number of benzene rings is 3. The molecule has 11 heteroatoms. The number of anilines is 1. The molecule has 3 aromatic carbocycles. The van der Waals surface area contributed by atoms with Crippen LogP contribution in [0, 0.1) is 5.82 Å². The zero-order valence-electron chi connectivity index (χ0n) is 20.8. The summed E-state index contributed by atoms with van der Waals surface area (Å²) < 4.78 is 50.6. The topological polar surface area (TPSA) is 110 Å². The molecule has 0 spiro atoms. The molecule has 9 nitrogen and oxygen atoms in total. The van der Waals surface area contributed by atoms with Gasteiger partial charge in [0, 0.05) is 18.2 Å². The molecule has 0 radical (unpaired) electrons. The molecule has 2 N–H and O–H groups in total. The second kappa shape index (κ2) is 10.9. The monoisotopic (exact) mass is 537 g/mol. The molecule has 1 aliphatic rings. The van der Waals surface area contributed by atoms with Crippen LogP contribution in [0.1, 0.15) is 30.2 Å². The minimum atomic E-state index is -4.09. The lowest BCUT2D eigenvalue weighted by Gasteiger charge is -2.29. The van der Waals surface area contributed by atoms with Gasteiger partial charge < -0.3 is 15.2 Å². The smallest absolute Gasteiger partial charge is 0.249 e. The first-order valence-electron chi connectivity index (χ1n) is 12.3. The van der Waals surface area contributed by atoms with Crippen LogP contribution in [0.25, 0.3) is 0 Å².